The largest absolute Gasteiger partial charge is 0.497 e. The number of carbonyl (C=O) groups is 1. The number of rotatable bonds is 12. The zero-order valence-corrected chi connectivity index (χ0v) is 22.0. The quantitative estimate of drug-likeness (QED) is 0.317. The summed E-state index contributed by atoms with van der Waals surface area (Å²) in [7, 11) is 1.66. The number of carbonyl (C=O) groups excluding carboxylic acids is 1. The Morgan fingerprint density at radius 1 is 1.20 bits per heavy atom. The van der Waals surface area contributed by atoms with Crippen molar-refractivity contribution < 1.29 is 19.0 Å². The van der Waals surface area contributed by atoms with Crippen molar-refractivity contribution >= 4 is 44.4 Å². The second-order valence-electron chi connectivity index (χ2n) is 8.16. The van der Waals surface area contributed by atoms with E-state index in [1.807, 2.05) is 54.3 Å². The predicted molar refractivity (Wildman–Crippen MR) is 143 cm³/mol. The zero-order chi connectivity index (χ0) is 24.5. The van der Waals surface area contributed by atoms with E-state index in [-0.39, 0.29) is 5.91 Å². The van der Waals surface area contributed by atoms with E-state index in [1.54, 1.807) is 30.2 Å². The molecule has 2 aromatic carbocycles. The number of anilines is 1. The van der Waals surface area contributed by atoms with Crippen molar-refractivity contribution in [1.29, 1.82) is 0 Å². The number of hydrogen-bond donors (Lipinski definition) is 0. The monoisotopic (exact) mass is 515 g/mol. The number of para-hydroxylation sites is 1. The summed E-state index contributed by atoms with van der Waals surface area (Å²) in [5, 5.41) is 0.744. The standard InChI is InChI=1S/C26H33N3O4S2/c1-3-33-22-6-4-7-23-25(22)27-26(35-23)29(14-5-13-28-15-17-32-18-16-28)24(30)12-19-34-21-10-8-20(31-2)9-11-21/h4,6-11H,3,5,12-19H2,1-2H3. The minimum Gasteiger partial charge on any atom is -0.497 e. The number of amides is 1. The molecule has 7 nitrogen and oxygen atoms in total. The first-order valence-corrected chi connectivity index (χ1v) is 13.9. The number of hydrogen-bond acceptors (Lipinski definition) is 8. The van der Waals surface area contributed by atoms with E-state index in [0.717, 1.165) is 71.0 Å². The molecule has 0 spiro atoms. The van der Waals surface area contributed by atoms with Gasteiger partial charge in [-0.15, -0.1) is 11.8 Å². The number of fused-ring (bicyclic) bond motifs is 1. The van der Waals surface area contributed by atoms with E-state index >= 15 is 0 Å². The fourth-order valence-corrected chi connectivity index (χ4v) is 5.83. The maximum atomic E-state index is 13.4. The molecule has 0 radical (unpaired) electrons. The molecule has 0 saturated carbocycles. The molecule has 9 heteroatoms. The molecule has 0 atom stereocenters. The zero-order valence-electron chi connectivity index (χ0n) is 20.4. The lowest BCUT2D eigenvalue weighted by Gasteiger charge is -2.27. The first-order valence-electron chi connectivity index (χ1n) is 12.1. The molecule has 1 saturated heterocycles. The van der Waals surface area contributed by atoms with Crippen molar-refractivity contribution in [3.8, 4) is 11.5 Å². The van der Waals surface area contributed by atoms with Crippen molar-refractivity contribution in [2.45, 2.75) is 24.7 Å². The van der Waals surface area contributed by atoms with Gasteiger partial charge in [-0.1, -0.05) is 17.4 Å². The SMILES string of the molecule is CCOc1cccc2sc(N(CCCN3CCOCC3)C(=O)CCSc3ccc(OC)cc3)nc12. The van der Waals surface area contributed by atoms with Crippen LogP contribution in [0.5, 0.6) is 11.5 Å². The number of thiazole rings is 1. The van der Waals surface area contributed by atoms with Crippen LogP contribution in [0.4, 0.5) is 5.13 Å². The first-order chi connectivity index (χ1) is 17.2. The van der Waals surface area contributed by atoms with Gasteiger partial charge in [0.1, 0.15) is 17.0 Å². The lowest BCUT2D eigenvalue weighted by atomic mass is 10.3. The van der Waals surface area contributed by atoms with Gasteiger partial charge in [0.15, 0.2) is 5.13 Å². The van der Waals surface area contributed by atoms with Gasteiger partial charge in [-0.3, -0.25) is 14.6 Å². The molecule has 35 heavy (non-hydrogen) atoms. The van der Waals surface area contributed by atoms with Gasteiger partial charge in [-0.2, -0.15) is 0 Å². The average molecular weight is 516 g/mol. The summed E-state index contributed by atoms with van der Waals surface area (Å²) in [4.78, 5) is 23.6. The maximum Gasteiger partial charge on any atom is 0.229 e. The van der Waals surface area contributed by atoms with Gasteiger partial charge in [0.2, 0.25) is 5.91 Å². The maximum absolute atomic E-state index is 13.4. The number of benzene rings is 2. The fourth-order valence-electron chi connectivity index (χ4n) is 3.97. The third-order valence-electron chi connectivity index (χ3n) is 5.81. The minimum atomic E-state index is 0.102. The number of thioether (sulfide) groups is 1. The molecule has 0 aliphatic carbocycles. The van der Waals surface area contributed by atoms with Gasteiger partial charge < -0.3 is 14.2 Å². The molecule has 1 aliphatic heterocycles. The lowest BCUT2D eigenvalue weighted by molar-refractivity contribution is -0.118. The number of methoxy groups -OCH3 is 1. The van der Waals surface area contributed by atoms with Crippen LogP contribution in [-0.4, -0.2) is 74.7 Å². The predicted octanol–water partition coefficient (Wildman–Crippen LogP) is 4.94. The Labute approximate surface area is 215 Å². The summed E-state index contributed by atoms with van der Waals surface area (Å²) in [6.45, 7) is 7.60. The van der Waals surface area contributed by atoms with Gasteiger partial charge in [0.05, 0.1) is 31.6 Å². The van der Waals surface area contributed by atoms with Gasteiger partial charge >= 0.3 is 0 Å². The second-order valence-corrected chi connectivity index (χ2v) is 10.3. The summed E-state index contributed by atoms with van der Waals surface area (Å²) in [5.41, 5.74) is 0.827. The smallest absolute Gasteiger partial charge is 0.229 e. The third kappa shape index (κ3) is 7.10. The summed E-state index contributed by atoms with van der Waals surface area (Å²) in [5.74, 6) is 2.41. The highest BCUT2D eigenvalue weighted by molar-refractivity contribution is 7.99. The van der Waals surface area contributed by atoms with Gasteiger partial charge in [0, 0.05) is 43.2 Å². The van der Waals surface area contributed by atoms with Crippen molar-refractivity contribution in [2.24, 2.45) is 0 Å². The normalized spacial score (nSPS) is 14.2. The highest BCUT2D eigenvalue weighted by Gasteiger charge is 2.21. The molecule has 1 amide bonds. The van der Waals surface area contributed by atoms with Crippen LogP contribution in [0.1, 0.15) is 19.8 Å². The van der Waals surface area contributed by atoms with Crippen molar-refractivity contribution in [1.82, 2.24) is 9.88 Å². The van der Waals surface area contributed by atoms with E-state index in [2.05, 4.69) is 4.90 Å². The van der Waals surface area contributed by atoms with Crippen LogP contribution in [0.15, 0.2) is 47.4 Å². The average Bonchev–Trinajstić information content (AvgIpc) is 3.33. The van der Waals surface area contributed by atoms with Crippen LogP contribution in [0.2, 0.25) is 0 Å². The van der Waals surface area contributed by atoms with Crippen LogP contribution in [-0.2, 0) is 9.53 Å². The van der Waals surface area contributed by atoms with Crippen LogP contribution >= 0.6 is 23.1 Å². The molecular weight excluding hydrogens is 482 g/mol. The fraction of sp³-hybridized carbons (Fsp3) is 0.462. The van der Waals surface area contributed by atoms with E-state index < -0.39 is 0 Å². The molecule has 2 heterocycles. The number of aromatic nitrogens is 1. The van der Waals surface area contributed by atoms with E-state index in [9.17, 15) is 4.79 Å². The van der Waals surface area contributed by atoms with Gasteiger partial charge in [-0.05, 0) is 49.7 Å². The third-order valence-corrected chi connectivity index (χ3v) is 7.86. The Balaban J connectivity index is 1.44. The highest BCUT2D eigenvalue weighted by atomic mass is 32.2. The lowest BCUT2D eigenvalue weighted by Crippen LogP contribution is -2.39. The summed E-state index contributed by atoms with van der Waals surface area (Å²) in [6.07, 6.45) is 1.34. The van der Waals surface area contributed by atoms with Crippen LogP contribution in [0.25, 0.3) is 10.2 Å². The molecule has 188 valence electrons. The Hall–Kier alpha value is -2.33. The summed E-state index contributed by atoms with van der Waals surface area (Å²) >= 11 is 3.23. The van der Waals surface area contributed by atoms with Gasteiger partial charge in [0.25, 0.3) is 0 Å². The van der Waals surface area contributed by atoms with Crippen LogP contribution < -0.4 is 14.4 Å². The molecule has 0 bridgehead atoms. The van der Waals surface area contributed by atoms with Crippen molar-refractivity contribution in [2.75, 3.05) is 63.8 Å². The van der Waals surface area contributed by atoms with E-state index in [0.29, 0.717) is 25.3 Å². The molecule has 1 fully saturated rings. The molecule has 0 N–H and O–H groups in total. The molecule has 0 unspecified atom stereocenters. The highest BCUT2D eigenvalue weighted by Crippen LogP contribution is 2.35. The second kappa shape index (κ2) is 13.1. The Morgan fingerprint density at radius 2 is 2.00 bits per heavy atom. The van der Waals surface area contributed by atoms with Crippen molar-refractivity contribution in [3.05, 3.63) is 42.5 Å². The first kappa shape index (κ1) is 25.8. The van der Waals surface area contributed by atoms with E-state index in [4.69, 9.17) is 19.2 Å². The Morgan fingerprint density at radius 3 is 2.74 bits per heavy atom. The Kier molecular flexibility index (Phi) is 9.65. The van der Waals surface area contributed by atoms with Crippen molar-refractivity contribution in [3.63, 3.8) is 0 Å². The minimum absolute atomic E-state index is 0.102. The van der Waals surface area contributed by atoms with Crippen LogP contribution in [0.3, 0.4) is 0 Å². The Bertz CT molecular complexity index is 1080. The van der Waals surface area contributed by atoms with Gasteiger partial charge in [-0.25, -0.2) is 4.98 Å². The summed E-state index contributed by atoms with van der Waals surface area (Å²) in [6, 6.07) is 13.9. The molecule has 1 aliphatic rings. The number of ether oxygens (including phenoxy) is 3. The molecule has 4 rings (SSSR count). The summed E-state index contributed by atoms with van der Waals surface area (Å²) < 4.78 is 17.5. The van der Waals surface area contributed by atoms with Crippen LogP contribution in [0, 0.1) is 0 Å². The molecule has 3 aromatic rings. The molecule has 1 aromatic heterocycles. The van der Waals surface area contributed by atoms with E-state index in [1.165, 1.54) is 0 Å². The number of nitrogens with zero attached hydrogens (tertiary/aromatic N) is 3. The number of morpholine rings is 1. The topological polar surface area (TPSA) is 64.1 Å². The molecular formula is C26H33N3O4S2.